The quantitative estimate of drug-likeness (QED) is 0.751. The Morgan fingerprint density at radius 2 is 1.84 bits per heavy atom. The molecular formula is C14H21BrN2O2. The average Bonchev–Trinajstić information content (AvgIpc) is 2.38. The average molecular weight is 329 g/mol. The second-order valence-corrected chi connectivity index (χ2v) is 5.97. The third kappa shape index (κ3) is 4.84. The summed E-state index contributed by atoms with van der Waals surface area (Å²) >= 11 is 3.48. The van der Waals surface area contributed by atoms with Crippen molar-refractivity contribution >= 4 is 27.5 Å². The summed E-state index contributed by atoms with van der Waals surface area (Å²) in [6.45, 7) is 1.19. The number of anilines is 1. The highest BCUT2D eigenvalue weighted by atomic mass is 79.9. The van der Waals surface area contributed by atoms with Gasteiger partial charge in [0, 0.05) is 46.0 Å². The van der Waals surface area contributed by atoms with Crippen molar-refractivity contribution in [2.45, 2.75) is 4.83 Å². The Hall–Kier alpha value is -1.07. The third-order valence-corrected chi connectivity index (χ3v) is 3.35. The van der Waals surface area contributed by atoms with Crippen molar-refractivity contribution < 1.29 is 9.53 Å². The van der Waals surface area contributed by atoms with E-state index in [2.05, 4.69) is 15.9 Å². The monoisotopic (exact) mass is 328 g/mol. The summed E-state index contributed by atoms with van der Waals surface area (Å²) in [7, 11) is 7.40. The van der Waals surface area contributed by atoms with Crippen LogP contribution in [0, 0.1) is 0 Å². The molecule has 1 atom stereocenters. The summed E-state index contributed by atoms with van der Waals surface area (Å²) < 4.78 is 5.04. The van der Waals surface area contributed by atoms with Gasteiger partial charge in [-0.3, -0.25) is 4.79 Å². The van der Waals surface area contributed by atoms with Crippen LogP contribution in [0.2, 0.25) is 0 Å². The molecule has 0 fully saturated rings. The van der Waals surface area contributed by atoms with Crippen molar-refractivity contribution in [3.8, 4) is 0 Å². The lowest BCUT2D eigenvalue weighted by atomic mass is 10.1. The molecule has 0 bridgehead atoms. The molecule has 19 heavy (non-hydrogen) atoms. The maximum Gasteiger partial charge on any atom is 0.253 e. The summed E-state index contributed by atoms with van der Waals surface area (Å²) in [5, 5.41) is 0. The van der Waals surface area contributed by atoms with E-state index in [1.165, 1.54) is 0 Å². The van der Waals surface area contributed by atoms with Crippen LogP contribution in [-0.2, 0) is 4.74 Å². The second-order valence-electron chi connectivity index (χ2n) is 4.68. The standard InChI is InChI=1S/C14H21BrN2O2/c1-16(2)13-7-5-11(6-8-13)14(18)17(3)9-12(15)10-19-4/h5-8,12H,9-10H2,1-4H3. The highest BCUT2D eigenvalue weighted by Gasteiger charge is 2.15. The third-order valence-electron chi connectivity index (χ3n) is 2.80. The van der Waals surface area contributed by atoms with Gasteiger partial charge in [-0.2, -0.15) is 0 Å². The zero-order valence-corrected chi connectivity index (χ0v) is 13.5. The summed E-state index contributed by atoms with van der Waals surface area (Å²) in [6, 6.07) is 7.60. The van der Waals surface area contributed by atoms with Crippen molar-refractivity contribution in [3.63, 3.8) is 0 Å². The van der Waals surface area contributed by atoms with E-state index in [-0.39, 0.29) is 10.7 Å². The van der Waals surface area contributed by atoms with Gasteiger partial charge >= 0.3 is 0 Å². The molecule has 1 rings (SSSR count). The maximum absolute atomic E-state index is 12.2. The zero-order valence-electron chi connectivity index (χ0n) is 11.9. The molecule has 0 aromatic heterocycles. The first-order valence-corrected chi connectivity index (χ1v) is 7.03. The molecule has 1 amide bonds. The molecule has 0 radical (unpaired) electrons. The van der Waals surface area contributed by atoms with Crippen LogP contribution in [0.15, 0.2) is 24.3 Å². The van der Waals surface area contributed by atoms with Gasteiger partial charge in [0.1, 0.15) is 0 Å². The number of amides is 1. The Kier molecular flexibility index (Phi) is 6.31. The fourth-order valence-electron chi connectivity index (χ4n) is 1.74. The predicted octanol–water partition coefficient (Wildman–Crippen LogP) is 2.23. The summed E-state index contributed by atoms with van der Waals surface area (Å²) in [5.41, 5.74) is 1.78. The van der Waals surface area contributed by atoms with Crippen molar-refractivity contribution in [1.29, 1.82) is 0 Å². The van der Waals surface area contributed by atoms with Crippen molar-refractivity contribution in [1.82, 2.24) is 4.90 Å². The Morgan fingerprint density at radius 3 is 2.32 bits per heavy atom. The Morgan fingerprint density at radius 1 is 1.26 bits per heavy atom. The topological polar surface area (TPSA) is 32.8 Å². The molecule has 1 aromatic carbocycles. The molecule has 0 aliphatic carbocycles. The van der Waals surface area contributed by atoms with Gasteiger partial charge in [0.2, 0.25) is 0 Å². The highest BCUT2D eigenvalue weighted by molar-refractivity contribution is 9.09. The number of halogens is 1. The zero-order chi connectivity index (χ0) is 14.4. The van der Waals surface area contributed by atoms with E-state index < -0.39 is 0 Å². The summed E-state index contributed by atoms with van der Waals surface area (Å²) in [4.78, 5) is 16.1. The molecule has 4 nitrogen and oxygen atoms in total. The molecule has 106 valence electrons. The van der Waals surface area contributed by atoms with E-state index in [1.807, 2.05) is 43.3 Å². The number of benzene rings is 1. The van der Waals surface area contributed by atoms with Crippen LogP contribution in [0.25, 0.3) is 0 Å². The second kappa shape index (κ2) is 7.50. The van der Waals surface area contributed by atoms with Gasteiger partial charge in [-0.05, 0) is 24.3 Å². The number of hydrogen-bond donors (Lipinski definition) is 0. The number of alkyl halides is 1. The van der Waals surface area contributed by atoms with Gasteiger partial charge in [-0.25, -0.2) is 0 Å². The number of rotatable bonds is 6. The lowest BCUT2D eigenvalue weighted by Gasteiger charge is -2.21. The number of hydrogen-bond acceptors (Lipinski definition) is 3. The minimum atomic E-state index is 0.0193. The predicted molar refractivity (Wildman–Crippen MR) is 82.3 cm³/mol. The van der Waals surface area contributed by atoms with Crippen molar-refractivity contribution in [2.75, 3.05) is 46.3 Å². The lowest BCUT2D eigenvalue weighted by molar-refractivity contribution is 0.0784. The van der Waals surface area contributed by atoms with E-state index in [9.17, 15) is 4.79 Å². The fourth-order valence-corrected chi connectivity index (χ4v) is 2.43. The Bertz CT molecular complexity index is 406. The molecule has 0 aliphatic heterocycles. The smallest absolute Gasteiger partial charge is 0.253 e. The van der Waals surface area contributed by atoms with Gasteiger partial charge in [-0.1, -0.05) is 15.9 Å². The van der Waals surface area contributed by atoms with Gasteiger partial charge < -0.3 is 14.5 Å². The first kappa shape index (κ1) is 16.0. The van der Waals surface area contributed by atoms with Crippen LogP contribution in [0.1, 0.15) is 10.4 Å². The molecule has 0 N–H and O–H groups in total. The first-order valence-electron chi connectivity index (χ1n) is 6.11. The summed E-state index contributed by atoms with van der Waals surface area (Å²) in [6.07, 6.45) is 0. The largest absolute Gasteiger partial charge is 0.383 e. The van der Waals surface area contributed by atoms with Crippen molar-refractivity contribution in [2.24, 2.45) is 0 Å². The van der Waals surface area contributed by atoms with Crippen LogP contribution >= 0.6 is 15.9 Å². The van der Waals surface area contributed by atoms with Crippen LogP contribution in [0.3, 0.4) is 0 Å². The molecular weight excluding hydrogens is 308 g/mol. The van der Waals surface area contributed by atoms with Crippen LogP contribution in [-0.4, -0.2) is 57.0 Å². The van der Waals surface area contributed by atoms with Crippen LogP contribution in [0.4, 0.5) is 5.69 Å². The Balaban J connectivity index is 2.66. The SMILES string of the molecule is COCC(Br)CN(C)C(=O)c1ccc(N(C)C)cc1. The molecule has 0 heterocycles. The van der Waals surface area contributed by atoms with Crippen LogP contribution < -0.4 is 4.90 Å². The summed E-state index contributed by atoms with van der Waals surface area (Å²) in [5.74, 6) is 0.0193. The van der Waals surface area contributed by atoms with E-state index in [0.29, 0.717) is 18.7 Å². The molecule has 0 saturated heterocycles. The van der Waals surface area contributed by atoms with Gasteiger partial charge in [-0.15, -0.1) is 0 Å². The number of carbonyl (C=O) groups excluding carboxylic acids is 1. The number of carbonyl (C=O) groups is 1. The fraction of sp³-hybridized carbons (Fsp3) is 0.500. The number of nitrogens with zero attached hydrogens (tertiary/aromatic N) is 2. The number of methoxy groups -OCH3 is 1. The minimum absolute atomic E-state index is 0.0193. The van der Waals surface area contributed by atoms with Crippen molar-refractivity contribution in [3.05, 3.63) is 29.8 Å². The van der Waals surface area contributed by atoms with Crippen LogP contribution in [0.5, 0.6) is 0 Å². The number of ether oxygens (including phenoxy) is 1. The molecule has 1 unspecified atom stereocenters. The molecule has 0 spiro atoms. The van der Waals surface area contributed by atoms with E-state index in [1.54, 1.807) is 19.1 Å². The van der Waals surface area contributed by atoms with Gasteiger partial charge in [0.15, 0.2) is 0 Å². The van der Waals surface area contributed by atoms with E-state index >= 15 is 0 Å². The molecule has 1 aromatic rings. The molecule has 0 aliphatic rings. The Labute approximate surface area is 123 Å². The molecule has 5 heteroatoms. The van der Waals surface area contributed by atoms with Gasteiger partial charge in [0.25, 0.3) is 5.91 Å². The highest BCUT2D eigenvalue weighted by Crippen LogP contribution is 2.14. The minimum Gasteiger partial charge on any atom is -0.383 e. The van der Waals surface area contributed by atoms with E-state index in [4.69, 9.17) is 4.74 Å². The van der Waals surface area contributed by atoms with E-state index in [0.717, 1.165) is 5.69 Å². The molecule has 0 saturated carbocycles. The maximum atomic E-state index is 12.2. The lowest BCUT2D eigenvalue weighted by Crippen LogP contribution is -2.33. The normalized spacial score (nSPS) is 12.1. The first-order chi connectivity index (χ1) is 8.95. The van der Waals surface area contributed by atoms with Gasteiger partial charge in [0.05, 0.1) is 11.4 Å².